The first-order chi connectivity index (χ1) is 7.74. The topological polar surface area (TPSA) is 38.9 Å². The van der Waals surface area contributed by atoms with E-state index in [1.807, 2.05) is 18.2 Å². The lowest BCUT2D eigenvalue weighted by molar-refractivity contribution is 0.673. The lowest BCUT2D eigenvalue weighted by Gasteiger charge is -2.03. The fourth-order valence-electron chi connectivity index (χ4n) is 2.35. The average Bonchev–Trinajstić information content (AvgIpc) is 2.84. The van der Waals surface area contributed by atoms with E-state index in [1.54, 1.807) is 11.3 Å². The molecule has 2 aromatic rings. The molecule has 1 fully saturated rings. The van der Waals surface area contributed by atoms with Gasteiger partial charge in [-0.3, -0.25) is 0 Å². The van der Waals surface area contributed by atoms with E-state index in [9.17, 15) is 0 Å². The van der Waals surface area contributed by atoms with E-state index in [0.717, 1.165) is 28.1 Å². The Hall–Kier alpha value is -0.640. The number of nitrogens with zero attached hydrogens (tertiary/aromatic N) is 1. The SMILES string of the molecule is NC1CCC(c2nc3cccc(Cl)c3s2)C1. The summed E-state index contributed by atoms with van der Waals surface area (Å²) in [5.74, 6) is 0.545. The van der Waals surface area contributed by atoms with Crippen LogP contribution in [0.4, 0.5) is 0 Å². The molecule has 0 saturated heterocycles. The zero-order valence-corrected chi connectivity index (χ0v) is 10.4. The second-order valence-electron chi connectivity index (χ2n) is 4.41. The zero-order chi connectivity index (χ0) is 11.1. The van der Waals surface area contributed by atoms with Crippen LogP contribution in [-0.4, -0.2) is 11.0 Å². The first-order valence-corrected chi connectivity index (χ1v) is 6.74. The Bertz CT molecular complexity index is 523. The van der Waals surface area contributed by atoms with Crippen LogP contribution >= 0.6 is 22.9 Å². The summed E-state index contributed by atoms with van der Waals surface area (Å²) >= 11 is 7.88. The van der Waals surface area contributed by atoms with Gasteiger partial charge in [0.1, 0.15) is 0 Å². The van der Waals surface area contributed by atoms with Gasteiger partial charge in [-0.1, -0.05) is 17.7 Å². The van der Waals surface area contributed by atoms with Crippen molar-refractivity contribution in [3.63, 3.8) is 0 Å². The van der Waals surface area contributed by atoms with Crippen LogP contribution in [0.2, 0.25) is 5.02 Å². The third-order valence-electron chi connectivity index (χ3n) is 3.21. The van der Waals surface area contributed by atoms with E-state index in [4.69, 9.17) is 17.3 Å². The number of hydrogen-bond donors (Lipinski definition) is 1. The molecule has 1 heterocycles. The van der Waals surface area contributed by atoms with Gasteiger partial charge in [-0.2, -0.15) is 0 Å². The summed E-state index contributed by atoms with van der Waals surface area (Å²) in [5, 5.41) is 2.01. The average molecular weight is 253 g/mol. The molecular formula is C12H13ClN2S. The molecule has 1 aliphatic carbocycles. The van der Waals surface area contributed by atoms with Crippen molar-refractivity contribution < 1.29 is 0 Å². The third kappa shape index (κ3) is 1.73. The second kappa shape index (κ2) is 3.99. The minimum Gasteiger partial charge on any atom is -0.328 e. The molecule has 2 unspecified atom stereocenters. The minimum atomic E-state index is 0.354. The van der Waals surface area contributed by atoms with Gasteiger partial charge in [0.15, 0.2) is 0 Å². The highest BCUT2D eigenvalue weighted by Gasteiger charge is 2.26. The van der Waals surface area contributed by atoms with Crippen molar-refractivity contribution in [1.29, 1.82) is 0 Å². The molecule has 84 valence electrons. The summed E-state index contributed by atoms with van der Waals surface area (Å²) in [6.07, 6.45) is 3.35. The monoisotopic (exact) mass is 252 g/mol. The molecule has 0 bridgehead atoms. The van der Waals surface area contributed by atoms with E-state index in [-0.39, 0.29) is 0 Å². The summed E-state index contributed by atoms with van der Waals surface area (Å²) in [6.45, 7) is 0. The molecule has 1 aliphatic rings. The quantitative estimate of drug-likeness (QED) is 0.843. The molecule has 2 nitrogen and oxygen atoms in total. The van der Waals surface area contributed by atoms with Crippen LogP contribution in [0.3, 0.4) is 0 Å². The van der Waals surface area contributed by atoms with Crippen molar-refractivity contribution >= 4 is 33.2 Å². The first kappa shape index (κ1) is 10.5. The highest BCUT2D eigenvalue weighted by Crippen LogP contribution is 2.39. The first-order valence-electron chi connectivity index (χ1n) is 5.54. The molecule has 0 radical (unpaired) electrons. The number of nitrogens with two attached hydrogens (primary N) is 1. The van der Waals surface area contributed by atoms with Gasteiger partial charge in [-0.05, 0) is 31.4 Å². The number of rotatable bonds is 1. The predicted molar refractivity (Wildman–Crippen MR) is 69.2 cm³/mol. The Labute approximate surface area is 103 Å². The van der Waals surface area contributed by atoms with Crippen LogP contribution in [0.5, 0.6) is 0 Å². The summed E-state index contributed by atoms with van der Waals surface area (Å²) in [6, 6.07) is 6.25. The van der Waals surface area contributed by atoms with Crippen LogP contribution < -0.4 is 5.73 Å². The Morgan fingerprint density at radius 3 is 2.94 bits per heavy atom. The molecular weight excluding hydrogens is 240 g/mol. The maximum absolute atomic E-state index is 6.15. The Morgan fingerprint density at radius 1 is 1.38 bits per heavy atom. The van der Waals surface area contributed by atoms with Gasteiger partial charge in [0.25, 0.3) is 0 Å². The molecule has 1 aromatic heterocycles. The maximum Gasteiger partial charge on any atom is 0.0970 e. The number of aromatic nitrogens is 1. The van der Waals surface area contributed by atoms with Crippen molar-refractivity contribution in [2.24, 2.45) is 5.73 Å². The smallest absolute Gasteiger partial charge is 0.0970 e. The molecule has 4 heteroatoms. The highest BCUT2D eigenvalue weighted by atomic mass is 35.5. The third-order valence-corrected chi connectivity index (χ3v) is 4.90. The Balaban J connectivity index is 2.02. The Morgan fingerprint density at radius 2 is 2.25 bits per heavy atom. The summed E-state index contributed by atoms with van der Waals surface area (Å²) < 4.78 is 1.11. The van der Waals surface area contributed by atoms with Gasteiger partial charge in [0.2, 0.25) is 0 Å². The van der Waals surface area contributed by atoms with Crippen molar-refractivity contribution in [3.05, 3.63) is 28.2 Å². The number of thiazole rings is 1. The molecule has 0 spiro atoms. The lowest BCUT2D eigenvalue weighted by Crippen LogP contribution is -2.14. The molecule has 2 N–H and O–H groups in total. The molecule has 2 atom stereocenters. The van der Waals surface area contributed by atoms with Crippen LogP contribution in [-0.2, 0) is 0 Å². The summed E-state index contributed by atoms with van der Waals surface area (Å²) in [7, 11) is 0. The summed E-state index contributed by atoms with van der Waals surface area (Å²) in [5.41, 5.74) is 6.96. The van der Waals surface area contributed by atoms with Crippen molar-refractivity contribution in [2.45, 2.75) is 31.2 Å². The van der Waals surface area contributed by atoms with Crippen molar-refractivity contribution in [1.82, 2.24) is 4.98 Å². The normalized spacial score (nSPS) is 25.4. The summed E-state index contributed by atoms with van der Waals surface area (Å²) in [4.78, 5) is 4.67. The van der Waals surface area contributed by atoms with Gasteiger partial charge in [-0.15, -0.1) is 11.3 Å². The number of hydrogen-bond acceptors (Lipinski definition) is 3. The molecule has 1 saturated carbocycles. The van der Waals surface area contributed by atoms with E-state index >= 15 is 0 Å². The van der Waals surface area contributed by atoms with E-state index in [2.05, 4.69) is 4.98 Å². The number of fused-ring (bicyclic) bond motifs is 1. The molecule has 1 aromatic carbocycles. The van der Waals surface area contributed by atoms with Gasteiger partial charge in [-0.25, -0.2) is 4.98 Å². The van der Waals surface area contributed by atoms with Gasteiger partial charge in [0, 0.05) is 12.0 Å². The van der Waals surface area contributed by atoms with Crippen molar-refractivity contribution in [2.75, 3.05) is 0 Å². The van der Waals surface area contributed by atoms with Crippen LogP contribution in [0.1, 0.15) is 30.2 Å². The predicted octanol–water partition coefficient (Wildman–Crippen LogP) is 3.54. The fraction of sp³-hybridized carbons (Fsp3) is 0.417. The lowest BCUT2D eigenvalue weighted by atomic mass is 10.1. The molecule has 16 heavy (non-hydrogen) atoms. The fourth-order valence-corrected chi connectivity index (χ4v) is 3.75. The van der Waals surface area contributed by atoms with Gasteiger partial charge < -0.3 is 5.73 Å². The van der Waals surface area contributed by atoms with Gasteiger partial charge in [0.05, 0.1) is 20.2 Å². The molecule has 0 amide bonds. The highest BCUT2D eigenvalue weighted by molar-refractivity contribution is 7.19. The van der Waals surface area contributed by atoms with Crippen molar-refractivity contribution in [3.8, 4) is 0 Å². The van der Waals surface area contributed by atoms with Crippen LogP contribution in [0.25, 0.3) is 10.2 Å². The maximum atomic E-state index is 6.15. The second-order valence-corrected chi connectivity index (χ2v) is 5.85. The van der Waals surface area contributed by atoms with E-state index in [0.29, 0.717) is 12.0 Å². The van der Waals surface area contributed by atoms with E-state index < -0.39 is 0 Å². The standard InChI is InChI=1S/C12H13ClN2S/c13-9-2-1-3-10-11(9)16-12(15-10)7-4-5-8(14)6-7/h1-3,7-8H,4-6,14H2. The van der Waals surface area contributed by atoms with Gasteiger partial charge >= 0.3 is 0 Å². The minimum absolute atomic E-state index is 0.354. The zero-order valence-electron chi connectivity index (χ0n) is 8.82. The van der Waals surface area contributed by atoms with Crippen LogP contribution in [0.15, 0.2) is 18.2 Å². The van der Waals surface area contributed by atoms with Crippen LogP contribution in [0, 0.1) is 0 Å². The number of halogens is 1. The largest absolute Gasteiger partial charge is 0.328 e. The molecule has 0 aliphatic heterocycles. The number of benzene rings is 1. The van der Waals surface area contributed by atoms with E-state index in [1.165, 1.54) is 11.4 Å². The molecule has 3 rings (SSSR count). The Kier molecular flexibility index (Phi) is 2.62.